The van der Waals surface area contributed by atoms with Crippen LogP contribution in [0.15, 0.2) is 24.3 Å². The van der Waals surface area contributed by atoms with Crippen molar-refractivity contribution in [2.45, 2.75) is 57.0 Å². The van der Waals surface area contributed by atoms with Gasteiger partial charge in [0.1, 0.15) is 0 Å². The number of fused-ring (bicyclic) bond motifs is 2. The number of aromatic nitrogens is 1. The number of pyridine rings is 1. The minimum Gasteiger partial charge on any atom is -0.330 e. The number of hydrogen-bond acceptors (Lipinski definition) is 4. The van der Waals surface area contributed by atoms with Crippen LogP contribution in [0.1, 0.15) is 55.3 Å². The number of aryl methyl sites for hydroxylation is 1. The smallest absolute Gasteiger partial charge is 0.0909 e. The second kappa shape index (κ2) is 6.95. The summed E-state index contributed by atoms with van der Waals surface area (Å²) in [6.45, 7) is 0.732. The summed E-state index contributed by atoms with van der Waals surface area (Å²) in [7, 11) is 0. The fourth-order valence-electron chi connectivity index (χ4n) is 3.77. The Morgan fingerprint density at radius 2 is 1.78 bits per heavy atom. The van der Waals surface area contributed by atoms with Gasteiger partial charge in [-0.25, -0.2) is 0 Å². The van der Waals surface area contributed by atoms with Gasteiger partial charge in [-0.15, -0.1) is 0 Å². The van der Waals surface area contributed by atoms with Gasteiger partial charge in [0.05, 0.1) is 11.2 Å². The van der Waals surface area contributed by atoms with Crippen molar-refractivity contribution in [2.24, 2.45) is 17.2 Å². The Labute approximate surface area is 138 Å². The molecule has 23 heavy (non-hydrogen) atoms. The molecule has 1 aromatic carbocycles. The highest BCUT2D eigenvalue weighted by Gasteiger charge is 2.30. The number of unbranched alkanes of at least 4 members (excludes halogenated alkanes) is 2. The van der Waals surface area contributed by atoms with Crippen LogP contribution in [0.2, 0.25) is 0 Å². The Hall–Kier alpha value is -1.49. The van der Waals surface area contributed by atoms with Crippen LogP contribution in [-0.2, 0) is 18.5 Å². The lowest BCUT2D eigenvalue weighted by Crippen LogP contribution is -2.47. The average molecular weight is 312 g/mol. The topological polar surface area (TPSA) is 91.0 Å². The summed E-state index contributed by atoms with van der Waals surface area (Å²) in [5.41, 5.74) is 22.7. The molecule has 0 atom stereocenters. The van der Waals surface area contributed by atoms with E-state index in [9.17, 15) is 0 Å². The van der Waals surface area contributed by atoms with Crippen molar-refractivity contribution in [3.8, 4) is 0 Å². The maximum absolute atomic E-state index is 6.63. The molecule has 6 N–H and O–H groups in total. The third-order valence-corrected chi connectivity index (χ3v) is 4.93. The van der Waals surface area contributed by atoms with Gasteiger partial charge in [0.25, 0.3) is 0 Å². The number of nitrogens with zero attached hydrogens (tertiary/aromatic N) is 1. The maximum Gasteiger partial charge on any atom is 0.0909 e. The SMILES string of the molecule is NCCCCCC(N)(N)c1c2c(nc3ccccc13)CCCC2. The number of rotatable bonds is 6. The number of nitrogens with two attached hydrogens (primary N) is 3. The zero-order valence-electron chi connectivity index (χ0n) is 13.9. The zero-order valence-corrected chi connectivity index (χ0v) is 13.9. The second-order valence-corrected chi connectivity index (χ2v) is 6.78. The van der Waals surface area contributed by atoms with E-state index >= 15 is 0 Å². The molecule has 1 aromatic heterocycles. The molecule has 1 aliphatic rings. The molecule has 1 heterocycles. The predicted molar refractivity (Wildman–Crippen MR) is 96.0 cm³/mol. The lowest BCUT2D eigenvalue weighted by atomic mass is 9.82. The Balaban J connectivity index is 2.03. The van der Waals surface area contributed by atoms with Gasteiger partial charge >= 0.3 is 0 Å². The van der Waals surface area contributed by atoms with E-state index in [-0.39, 0.29) is 0 Å². The summed E-state index contributed by atoms with van der Waals surface area (Å²) in [5, 5.41) is 1.12. The van der Waals surface area contributed by atoms with Crippen molar-refractivity contribution < 1.29 is 0 Å². The first-order valence-electron chi connectivity index (χ1n) is 8.82. The molecule has 0 radical (unpaired) electrons. The van der Waals surface area contributed by atoms with Gasteiger partial charge in [-0.05, 0) is 63.1 Å². The molecule has 0 saturated heterocycles. The minimum absolute atomic E-state index is 0.732. The summed E-state index contributed by atoms with van der Waals surface area (Å²) < 4.78 is 0. The van der Waals surface area contributed by atoms with Crippen molar-refractivity contribution in [3.63, 3.8) is 0 Å². The van der Waals surface area contributed by atoms with Gasteiger partial charge in [0.15, 0.2) is 0 Å². The third-order valence-electron chi connectivity index (χ3n) is 4.93. The molecule has 0 bridgehead atoms. The normalized spacial score (nSPS) is 14.9. The van der Waals surface area contributed by atoms with E-state index in [0.29, 0.717) is 0 Å². The van der Waals surface area contributed by atoms with Crippen LogP contribution in [-0.4, -0.2) is 11.5 Å². The van der Waals surface area contributed by atoms with Crippen LogP contribution in [0.5, 0.6) is 0 Å². The standard InChI is InChI=1S/C19H28N4/c20-13-7-1-6-12-19(21,22)18-14-8-2-4-10-16(14)23-17-11-5-3-9-15(17)18/h2,4,8,10H,1,3,5-7,9,11-13,20-22H2. The summed E-state index contributed by atoms with van der Waals surface area (Å²) in [4.78, 5) is 4.87. The highest BCUT2D eigenvalue weighted by Crippen LogP contribution is 2.35. The van der Waals surface area contributed by atoms with E-state index in [1.165, 1.54) is 24.1 Å². The quantitative estimate of drug-likeness (QED) is 0.565. The molecule has 0 unspecified atom stereocenters. The lowest BCUT2D eigenvalue weighted by Gasteiger charge is -2.31. The van der Waals surface area contributed by atoms with Crippen molar-refractivity contribution in [3.05, 3.63) is 41.1 Å². The lowest BCUT2D eigenvalue weighted by molar-refractivity contribution is 0.400. The van der Waals surface area contributed by atoms with Gasteiger partial charge in [-0.3, -0.25) is 4.98 Å². The van der Waals surface area contributed by atoms with Crippen molar-refractivity contribution in [1.29, 1.82) is 0 Å². The summed E-state index contributed by atoms with van der Waals surface area (Å²) in [5.74, 6) is 0. The average Bonchev–Trinajstić information content (AvgIpc) is 2.56. The van der Waals surface area contributed by atoms with Crippen LogP contribution >= 0.6 is 0 Å². The molecule has 0 amide bonds. The Bertz CT molecular complexity index is 678. The fraction of sp³-hybridized carbons (Fsp3) is 0.526. The fourth-order valence-corrected chi connectivity index (χ4v) is 3.77. The van der Waals surface area contributed by atoms with Gasteiger partial charge in [0.2, 0.25) is 0 Å². The predicted octanol–water partition coefficient (Wildman–Crippen LogP) is 2.70. The second-order valence-electron chi connectivity index (χ2n) is 6.78. The largest absolute Gasteiger partial charge is 0.330 e. The molecule has 0 spiro atoms. The molecule has 4 heteroatoms. The van der Waals surface area contributed by atoms with Crippen molar-refractivity contribution in [1.82, 2.24) is 4.98 Å². The summed E-state index contributed by atoms with van der Waals surface area (Å²) in [6, 6.07) is 8.26. The highest BCUT2D eigenvalue weighted by molar-refractivity contribution is 5.85. The Kier molecular flexibility index (Phi) is 4.95. The van der Waals surface area contributed by atoms with E-state index in [4.69, 9.17) is 22.2 Å². The van der Waals surface area contributed by atoms with Gasteiger partial charge in [0, 0.05) is 16.6 Å². The molecule has 0 fully saturated rings. The van der Waals surface area contributed by atoms with Crippen LogP contribution < -0.4 is 17.2 Å². The van der Waals surface area contributed by atoms with Crippen molar-refractivity contribution >= 4 is 10.9 Å². The molecular formula is C19H28N4. The van der Waals surface area contributed by atoms with Crippen molar-refractivity contribution in [2.75, 3.05) is 6.54 Å². The number of benzene rings is 1. The number of hydrogen-bond donors (Lipinski definition) is 3. The first kappa shape index (κ1) is 16.4. The van der Waals surface area contributed by atoms with E-state index in [1.54, 1.807) is 0 Å². The summed E-state index contributed by atoms with van der Waals surface area (Å²) >= 11 is 0. The molecule has 4 nitrogen and oxygen atoms in total. The highest BCUT2D eigenvalue weighted by atomic mass is 15.0. The maximum atomic E-state index is 6.63. The monoisotopic (exact) mass is 312 g/mol. The van der Waals surface area contributed by atoms with E-state index in [0.717, 1.165) is 61.5 Å². The van der Waals surface area contributed by atoms with Gasteiger partial charge in [-0.2, -0.15) is 0 Å². The van der Waals surface area contributed by atoms with Crippen LogP contribution in [0, 0.1) is 0 Å². The van der Waals surface area contributed by atoms with Gasteiger partial charge in [-0.1, -0.05) is 24.6 Å². The van der Waals surface area contributed by atoms with Crippen LogP contribution in [0.25, 0.3) is 10.9 Å². The molecular weight excluding hydrogens is 284 g/mol. The Morgan fingerprint density at radius 1 is 1.00 bits per heavy atom. The first-order chi connectivity index (χ1) is 11.1. The molecule has 3 rings (SSSR count). The van der Waals surface area contributed by atoms with Crippen LogP contribution in [0.3, 0.4) is 0 Å². The van der Waals surface area contributed by atoms with Gasteiger partial charge < -0.3 is 17.2 Å². The van der Waals surface area contributed by atoms with E-state index < -0.39 is 5.66 Å². The first-order valence-corrected chi connectivity index (χ1v) is 8.82. The molecule has 1 aliphatic carbocycles. The van der Waals surface area contributed by atoms with E-state index in [2.05, 4.69) is 12.1 Å². The molecule has 2 aromatic rings. The summed E-state index contributed by atoms with van der Waals surface area (Å²) in [6.07, 6.45) is 8.39. The van der Waals surface area contributed by atoms with Crippen LogP contribution in [0.4, 0.5) is 0 Å². The van der Waals surface area contributed by atoms with E-state index in [1.807, 2.05) is 12.1 Å². The molecule has 0 saturated carbocycles. The molecule has 0 aliphatic heterocycles. The third kappa shape index (κ3) is 3.39. The molecule has 124 valence electrons. The Morgan fingerprint density at radius 3 is 2.61 bits per heavy atom. The minimum atomic E-state index is -0.793. The zero-order chi connectivity index (χ0) is 16.3. The number of para-hydroxylation sites is 1.